The molecule has 3 N–H and O–H groups in total. The van der Waals surface area contributed by atoms with Gasteiger partial charge in [0.15, 0.2) is 5.69 Å². The molecule has 0 aromatic carbocycles. The Kier molecular flexibility index (Phi) is 3.63. The first kappa shape index (κ1) is 13.0. The number of aliphatic hydroxyl groups excluding tert-OH is 1. The van der Waals surface area contributed by atoms with E-state index in [4.69, 9.17) is 10.5 Å². The molecule has 0 saturated heterocycles. The smallest absolute Gasteiger partial charge is 0.271 e. The number of nitrogens with zero attached hydrogens (tertiary/aromatic N) is 3. The molecule has 0 aliphatic heterocycles. The quantitative estimate of drug-likeness (QED) is 0.735. The molecule has 0 bridgehead atoms. The first-order valence-corrected chi connectivity index (χ1v) is 5.98. The van der Waals surface area contributed by atoms with E-state index in [9.17, 15) is 9.90 Å². The topological polar surface area (TPSA) is 103 Å². The highest BCUT2D eigenvalue weighted by atomic mass is 16.5. The van der Waals surface area contributed by atoms with Gasteiger partial charge in [-0.2, -0.15) is 0 Å². The van der Waals surface area contributed by atoms with Crippen LogP contribution in [0.3, 0.4) is 0 Å². The Bertz CT molecular complexity index is 441. The SMILES string of the molecule is COC(C)c1c(C(N)=O)nnn1CC(O)C1CC1. The predicted octanol–water partition coefficient (Wildman–Crippen LogP) is -0.145. The Morgan fingerprint density at radius 3 is 2.83 bits per heavy atom. The van der Waals surface area contributed by atoms with Crippen LogP contribution in [-0.2, 0) is 11.3 Å². The molecule has 100 valence electrons. The molecular formula is C11H18N4O3. The van der Waals surface area contributed by atoms with Crippen molar-refractivity contribution >= 4 is 5.91 Å². The van der Waals surface area contributed by atoms with Crippen LogP contribution in [0.15, 0.2) is 0 Å². The fraction of sp³-hybridized carbons (Fsp3) is 0.727. The van der Waals surface area contributed by atoms with Crippen molar-refractivity contribution in [1.29, 1.82) is 0 Å². The lowest BCUT2D eigenvalue weighted by molar-refractivity contribution is 0.0915. The van der Waals surface area contributed by atoms with Crippen molar-refractivity contribution in [3.8, 4) is 0 Å². The molecule has 2 atom stereocenters. The van der Waals surface area contributed by atoms with Gasteiger partial charge in [0, 0.05) is 7.11 Å². The Hall–Kier alpha value is -1.47. The molecule has 0 spiro atoms. The van der Waals surface area contributed by atoms with Gasteiger partial charge in [-0.3, -0.25) is 4.79 Å². The fourth-order valence-corrected chi connectivity index (χ4v) is 1.95. The Balaban J connectivity index is 2.25. The number of aliphatic hydroxyl groups is 1. The lowest BCUT2D eigenvalue weighted by Gasteiger charge is -2.15. The van der Waals surface area contributed by atoms with E-state index in [0.29, 0.717) is 18.2 Å². The maximum Gasteiger partial charge on any atom is 0.271 e. The number of amides is 1. The first-order chi connectivity index (χ1) is 8.54. The maximum absolute atomic E-state index is 11.3. The number of hydrogen-bond acceptors (Lipinski definition) is 5. The minimum atomic E-state index is -0.638. The number of hydrogen-bond donors (Lipinski definition) is 2. The van der Waals surface area contributed by atoms with Crippen LogP contribution in [0.4, 0.5) is 0 Å². The minimum Gasteiger partial charge on any atom is -0.391 e. The summed E-state index contributed by atoms with van der Waals surface area (Å²) in [6, 6.07) is 0. The molecule has 1 saturated carbocycles. The molecule has 2 unspecified atom stereocenters. The second-order valence-corrected chi connectivity index (χ2v) is 4.65. The lowest BCUT2D eigenvalue weighted by atomic mass is 10.2. The summed E-state index contributed by atoms with van der Waals surface area (Å²) in [6.07, 6.45) is 1.26. The maximum atomic E-state index is 11.3. The summed E-state index contributed by atoms with van der Waals surface area (Å²) in [5.74, 6) is -0.307. The molecule has 1 heterocycles. The van der Waals surface area contributed by atoms with Crippen molar-refractivity contribution in [3.05, 3.63) is 11.4 Å². The Labute approximate surface area is 105 Å². The molecule has 7 heteroatoms. The average Bonchev–Trinajstić information content (AvgIpc) is 3.10. The van der Waals surface area contributed by atoms with Crippen LogP contribution in [0.2, 0.25) is 0 Å². The van der Waals surface area contributed by atoms with E-state index in [2.05, 4.69) is 10.3 Å². The van der Waals surface area contributed by atoms with Crippen LogP contribution in [-0.4, -0.2) is 39.2 Å². The molecule has 7 nitrogen and oxygen atoms in total. The lowest BCUT2D eigenvalue weighted by Crippen LogP contribution is -2.23. The molecule has 2 rings (SSSR count). The van der Waals surface area contributed by atoms with E-state index >= 15 is 0 Å². The number of methoxy groups -OCH3 is 1. The summed E-state index contributed by atoms with van der Waals surface area (Å²) in [6.45, 7) is 2.10. The number of carbonyl (C=O) groups is 1. The number of rotatable bonds is 6. The summed E-state index contributed by atoms with van der Waals surface area (Å²) >= 11 is 0. The summed E-state index contributed by atoms with van der Waals surface area (Å²) in [5.41, 5.74) is 5.87. The standard InChI is InChI=1S/C11H18N4O3/c1-6(18-2)10-9(11(12)17)13-14-15(10)5-8(16)7-3-4-7/h6-8,16H,3-5H2,1-2H3,(H2,12,17). The number of aromatic nitrogens is 3. The van der Waals surface area contributed by atoms with Crippen LogP contribution in [0, 0.1) is 5.92 Å². The minimum absolute atomic E-state index is 0.104. The number of nitrogens with two attached hydrogens (primary N) is 1. The molecule has 18 heavy (non-hydrogen) atoms. The summed E-state index contributed by atoms with van der Waals surface area (Å²) < 4.78 is 6.70. The predicted molar refractivity (Wildman–Crippen MR) is 62.7 cm³/mol. The van der Waals surface area contributed by atoms with Gasteiger partial charge in [0.1, 0.15) is 5.69 Å². The van der Waals surface area contributed by atoms with Gasteiger partial charge in [0.25, 0.3) is 5.91 Å². The zero-order valence-corrected chi connectivity index (χ0v) is 10.5. The van der Waals surface area contributed by atoms with Crippen molar-refractivity contribution in [2.45, 2.75) is 38.5 Å². The number of primary amides is 1. The molecule has 1 aromatic heterocycles. The molecule has 1 amide bonds. The van der Waals surface area contributed by atoms with E-state index in [1.807, 2.05) is 0 Å². The zero-order valence-electron chi connectivity index (χ0n) is 10.5. The van der Waals surface area contributed by atoms with Crippen LogP contribution in [0.1, 0.15) is 42.1 Å². The highest BCUT2D eigenvalue weighted by Gasteiger charge is 2.32. The first-order valence-electron chi connectivity index (χ1n) is 5.98. The second kappa shape index (κ2) is 5.03. The van der Waals surface area contributed by atoms with Gasteiger partial charge in [-0.05, 0) is 25.7 Å². The zero-order chi connectivity index (χ0) is 13.3. The average molecular weight is 254 g/mol. The van der Waals surface area contributed by atoms with Crippen LogP contribution >= 0.6 is 0 Å². The van der Waals surface area contributed by atoms with Gasteiger partial charge in [0.05, 0.1) is 18.8 Å². The Morgan fingerprint density at radius 1 is 1.67 bits per heavy atom. The summed E-state index contributed by atoms with van der Waals surface area (Å²) in [4.78, 5) is 11.3. The fourth-order valence-electron chi connectivity index (χ4n) is 1.95. The third kappa shape index (κ3) is 2.51. The van der Waals surface area contributed by atoms with Crippen molar-refractivity contribution in [1.82, 2.24) is 15.0 Å². The molecule has 0 radical (unpaired) electrons. The third-order valence-corrected chi connectivity index (χ3v) is 3.27. The van der Waals surface area contributed by atoms with E-state index < -0.39 is 12.0 Å². The van der Waals surface area contributed by atoms with Crippen molar-refractivity contribution in [2.24, 2.45) is 11.7 Å². The highest BCUT2D eigenvalue weighted by molar-refractivity contribution is 5.91. The van der Waals surface area contributed by atoms with Crippen LogP contribution in [0.5, 0.6) is 0 Å². The van der Waals surface area contributed by atoms with Gasteiger partial charge in [-0.25, -0.2) is 4.68 Å². The summed E-state index contributed by atoms with van der Waals surface area (Å²) in [5, 5.41) is 17.6. The normalized spacial score (nSPS) is 18.6. The van der Waals surface area contributed by atoms with E-state index in [1.165, 1.54) is 11.8 Å². The largest absolute Gasteiger partial charge is 0.391 e. The molecule has 1 fully saturated rings. The molecular weight excluding hydrogens is 236 g/mol. The van der Waals surface area contributed by atoms with Crippen LogP contribution in [0.25, 0.3) is 0 Å². The summed E-state index contributed by atoms with van der Waals surface area (Å²) in [7, 11) is 1.53. The number of ether oxygens (including phenoxy) is 1. The van der Waals surface area contributed by atoms with Gasteiger partial charge in [0.2, 0.25) is 0 Å². The van der Waals surface area contributed by atoms with E-state index in [0.717, 1.165) is 12.8 Å². The second-order valence-electron chi connectivity index (χ2n) is 4.65. The Morgan fingerprint density at radius 2 is 2.33 bits per heavy atom. The molecule has 1 aliphatic rings. The molecule has 1 aromatic rings. The van der Waals surface area contributed by atoms with E-state index in [-0.39, 0.29) is 11.8 Å². The third-order valence-electron chi connectivity index (χ3n) is 3.27. The monoisotopic (exact) mass is 254 g/mol. The van der Waals surface area contributed by atoms with Gasteiger partial charge in [-0.1, -0.05) is 5.21 Å². The van der Waals surface area contributed by atoms with Crippen LogP contribution < -0.4 is 5.73 Å². The van der Waals surface area contributed by atoms with Gasteiger partial charge < -0.3 is 15.6 Å². The highest BCUT2D eigenvalue weighted by Crippen LogP contribution is 2.33. The van der Waals surface area contributed by atoms with Crippen molar-refractivity contribution < 1.29 is 14.6 Å². The molecule has 1 aliphatic carbocycles. The number of carbonyl (C=O) groups excluding carboxylic acids is 1. The van der Waals surface area contributed by atoms with Crippen molar-refractivity contribution in [3.63, 3.8) is 0 Å². The van der Waals surface area contributed by atoms with E-state index in [1.54, 1.807) is 6.92 Å². The van der Waals surface area contributed by atoms with Crippen molar-refractivity contribution in [2.75, 3.05) is 7.11 Å². The van der Waals surface area contributed by atoms with Gasteiger partial charge in [-0.15, -0.1) is 5.10 Å². The van der Waals surface area contributed by atoms with Gasteiger partial charge >= 0.3 is 0 Å².